The Hall–Kier alpha value is -1.29. The number of nitrogens with zero attached hydrogens (tertiary/aromatic N) is 3. The van der Waals surface area contributed by atoms with Crippen LogP contribution in [0, 0.1) is 0 Å². The number of carbonyl (C=O) groups excluding carboxylic acids is 1. The van der Waals surface area contributed by atoms with Crippen LogP contribution in [0.3, 0.4) is 0 Å². The van der Waals surface area contributed by atoms with Gasteiger partial charge in [0.2, 0.25) is 11.9 Å². The van der Waals surface area contributed by atoms with Gasteiger partial charge in [-0.15, -0.1) is 11.8 Å². The van der Waals surface area contributed by atoms with Crippen molar-refractivity contribution in [2.75, 3.05) is 29.9 Å². The van der Waals surface area contributed by atoms with Gasteiger partial charge in [0.1, 0.15) is 0 Å². The average molecular weight is 337 g/mol. The lowest BCUT2D eigenvalue weighted by molar-refractivity contribution is -0.113. The van der Waals surface area contributed by atoms with Gasteiger partial charge >= 0.3 is 6.18 Å². The number of aryl methyl sites for hydroxylation is 1. The number of thioether (sulfide) groups is 1. The summed E-state index contributed by atoms with van der Waals surface area (Å²) in [5, 5.41) is 10.0. The minimum atomic E-state index is -4.27. The second-order valence-corrected chi connectivity index (χ2v) is 6.08. The van der Waals surface area contributed by atoms with Gasteiger partial charge < -0.3 is 5.32 Å². The molecule has 1 amide bonds. The number of nitrogens with one attached hydrogen (secondary N) is 2. The number of hydrogen-bond acceptors (Lipinski definition) is 5. The van der Waals surface area contributed by atoms with Crippen molar-refractivity contribution in [1.82, 2.24) is 20.1 Å². The van der Waals surface area contributed by atoms with Crippen LogP contribution in [0.15, 0.2) is 0 Å². The number of halogens is 3. The van der Waals surface area contributed by atoms with Crippen molar-refractivity contribution >= 4 is 23.6 Å². The van der Waals surface area contributed by atoms with Crippen LogP contribution in [-0.2, 0) is 11.8 Å². The number of aromatic nitrogens is 3. The van der Waals surface area contributed by atoms with Crippen molar-refractivity contribution in [1.29, 1.82) is 0 Å². The first-order chi connectivity index (χ1) is 10.3. The van der Waals surface area contributed by atoms with Gasteiger partial charge in [-0.3, -0.25) is 10.1 Å². The molecule has 10 heteroatoms. The first-order valence-electron chi connectivity index (χ1n) is 6.91. The van der Waals surface area contributed by atoms with Crippen molar-refractivity contribution in [3.8, 4) is 0 Å². The van der Waals surface area contributed by atoms with Crippen LogP contribution in [0.5, 0.6) is 0 Å². The molecule has 1 aromatic heterocycles. The molecule has 1 aliphatic rings. The van der Waals surface area contributed by atoms with E-state index in [1.165, 1.54) is 4.68 Å². The van der Waals surface area contributed by atoms with E-state index >= 15 is 0 Å². The molecule has 2 N–H and O–H groups in total. The van der Waals surface area contributed by atoms with E-state index in [2.05, 4.69) is 20.7 Å². The Morgan fingerprint density at radius 1 is 1.45 bits per heavy atom. The van der Waals surface area contributed by atoms with Crippen LogP contribution >= 0.6 is 11.8 Å². The van der Waals surface area contributed by atoms with E-state index in [0.29, 0.717) is 17.6 Å². The van der Waals surface area contributed by atoms with Gasteiger partial charge in [-0.05, 0) is 25.9 Å². The van der Waals surface area contributed by atoms with E-state index in [0.717, 1.165) is 25.9 Å². The minimum absolute atomic E-state index is 0.248. The van der Waals surface area contributed by atoms with Crippen LogP contribution < -0.4 is 10.6 Å². The van der Waals surface area contributed by atoms with Gasteiger partial charge in [0.15, 0.2) is 5.82 Å². The molecule has 0 bridgehead atoms. The number of amides is 1. The molecule has 22 heavy (non-hydrogen) atoms. The van der Waals surface area contributed by atoms with E-state index in [1.54, 1.807) is 7.05 Å². The van der Waals surface area contributed by atoms with Crippen molar-refractivity contribution in [3.63, 3.8) is 0 Å². The maximum Gasteiger partial charge on any atom is 0.397 e. The number of rotatable bonds is 5. The molecule has 0 aliphatic carbocycles. The molecule has 1 aliphatic heterocycles. The Bertz CT molecular complexity index is 513. The number of hydrogen-bond donors (Lipinski definition) is 2. The first kappa shape index (κ1) is 17.1. The highest BCUT2D eigenvalue weighted by Gasteiger charge is 2.27. The summed E-state index contributed by atoms with van der Waals surface area (Å²) in [5.41, 5.74) is 0. The fraction of sp³-hybridized carbons (Fsp3) is 0.750. The van der Waals surface area contributed by atoms with Gasteiger partial charge in [-0.2, -0.15) is 23.3 Å². The standard InChI is InChI=1S/C12H18F3N5OS/c1-20-11(17-9(21)6-22-7-12(13,14)15)18-10(19-20)8-2-4-16-5-3-8/h8,16H,2-7H2,1H3,(H,17,18,19,21). The fourth-order valence-electron chi connectivity index (χ4n) is 2.19. The summed E-state index contributed by atoms with van der Waals surface area (Å²) >= 11 is 0.526. The van der Waals surface area contributed by atoms with Gasteiger partial charge in [0.25, 0.3) is 0 Å². The van der Waals surface area contributed by atoms with Crippen molar-refractivity contribution in [2.24, 2.45) is 7.05 Å². The average Bonchev–Trinajstić information content (AvgIpc) is 2.80. The molecule has 1 fully saturated rings. The van der Waals surface area contributed by atoms with Crippen molar-refractivity contribution in [3.05, 3.63) is 5.82 Å². The summed E-state index contributed by atoms with van der Waals surface area (Å²) in [6, 6.07) is 0. The minimum Gasteiger partial charge on any atom is -0.317 e. The molecule has 124 valence electrons. The van der Waals surface area contributed by atoms with Crippen LogP contribution in [-0.4, -0.2) is 51.4 Å². The quantitative estimate of drug-likeness (QED) is 0.852. The van der Waals surface area contributed by atoms with E-state index < -0.39 is 17.8 Å². The van der Waals surface area contributed by atoms with Gasteiger partial charge in [-0.1, -0.05) is 0 Å². The first-order valence-corrected chi connectivity index (χ1v) is 8.06. The van der Waals surface area contributed by atoms with E-state index in [9.17, 15) is 18.0 Å². The number of anilines is 1. The zero-order valence-corrected chi connectivity index (χ0v) is 12.9. The molecular weight excluding hydrogens is 319 g/mol. The molecule has 0 aromatic carbocycles. The number of piperidine rings is 1. The normalized spacial score (nSPS) is 16.7. The van der Waals surface area contributed by atoms with Gasteiger partial charge in [0, 0.05) is 13.0 Å². The monoisotopic (exact) mass is 337 g/mol. The summed E-state index contributed by atoms with van der Waals surface area (Å²) < 4.78 is 37.5. The predicted octanol–water partition coefficient (Wildman–Crippen LogP) is 1.52. The highest BCUT2D eigenvalue weighted by atomic mass is 32.2. The molecule has 1 aromatic rings. The molecule has 2 heterocycles. The molecule has 0 atom stereocenters. The highest BCUT2D eigenvalue weighted by molar-refractivity contribution is 8.00. The summed E-state index contributed by atoms with van der Waals surface area (Å²) in [4.78, 5) is 15.9. The van der Waals surface area contributed by atoms with E-state index in [4.69, 9.17) is 0 Å². The molecule has 0 saturated carbocycles. The van der Waals surface area contributed by atoms with Gasteiger partial charge in [-0.25, -0.2) is 4.68 Å². The number of alkyl halides is 3. The Morgan fingerprint density at radius 3 is 2.77 bits per heavy atom. The summed E-state index contributed by atoms with van der Waals surface area (Å²) in [5.74, 6) is -0.637. The molecule has 0 spiro atoms. The maximum absolute atomic E-state index is 12.0. The van der Waals surface area contributed by atoms with E-state index in [-0.39, 0.29) is 17.6 Å². The van der Waals surface area contributed by atoms with Crippen LogP contribution in [0.4, 0.5) is 19.1 Å². The second-order valence-electron chi connectivity index (χ2n) is 5.10. The Morgan fingerprint density at radius 2 is 2.14 bits per heavy atom. The lowest BCUT2D eigenvalue weighted by Crippen LogP contribution is -2.27. The molecule has 1 saturated heterocycles. The fourth-order valence-corrected chi connectivity index (χ4v) is 2.78. The molecule has 0 unspecified atom stereocenters. The van der Waals surface area contributed by atoms with Crippen LogP contribution in [0.2, 0.25) is 0 Å². The van der Waals surface area contributed by atoms with E-state index in [1.807, 2.05) is 0 Å². The summed E-state index contributed by atoms with van der Waals surface area (Å²) in [6.07, 6.45) is -2.41. The molecule has 0 radical (unpaired) electrons. The largest absolute Gasteiger partial charge is 0.397 e. The summed E-state index contributed by atoms with van der Waals surface area (Å²) in [7, 11) is 1.65. The smallest absolute Gasteiger partial charge is 0.317 e. The third kappa shape index (κ3) is 5.16. The highest BCUT2D eigenvalue weighted by Crippen LogP contribution is 2.24. The zero-order valence-electron chi connectivity index (χ0n) is 12.1. The number of carbonyl (C=O) groups is 1. The lowest BCUT2D eigenvalue weighted by atomic mass is 9.98. The van der Waals surface area contributed by atoms with Crippen molar-refractivity contribution < 1.29 is 18.0 Å². The third-order valence-electron chi connectivity index (χ3n) is 3.23. The topological polar surface area (TPSA) is 71.8 Å². The second kappa shape index (κ2) is 7.32. The summed E-state index contributed by atoms with van der Waals surface area (Å²) in [6.45, 7) is 1.80. The lowest BCUT2D eigenvalue weighted by Gasteiger charge is -2.19. The van der Waals surface area contributed by atoms with Crippen molar-refractivity contribution in [2.45, 2.75) is 24.9 Å². The Labute approximate surface area is 130 Å². The van der Waals surface area contributed by atoms with Gasteiger partial charge in [0.05, 0.1) is 11.5 Å². The maximum atomic E-state index is 12.0. The zero-order chi connectivity index (χ0) is 16.2. The molecule has 2 rings (SSSR count). The van der Waals surface area contributed by atoms with Crippen LogP contribution in [0.1, 0.15) is 24.6 Å². The van der Waals surface area contributed by atoms with Crippen LogP contribution in [0.25, 0.3) is 0 Å². The molecule has 6 nitrogen and oxygen atoms in total. The predicted molar refractivity (Wildman–Crippen MR) is 77.9 cm³/mol. The Kier molecular flexibility index (Phi) is 5.68. The third-order valence-corrected chi connectivity index (χ3v) is 4.23. The Balaban J connectivity index is 1.87. The molecular formula is C12H18F3N5OS. The SMILES string of the molecule is Cn1nc(C2CCNCC2)nc1NC(=O)CSCC(F)(F)F.